The van der Waals surface area contributed by atoms with Crippen LogP contribution in [0.15, 0.2) is 36.8 Å². The van der Waals surface area contributed by atoms with Crippen molar-refractivity contribution in [1.82, 2.24) is 0 Å². The molecule has 1 nitrogen and oxygen atoms in total. The first-order valence-electron chi connectivity index (χ1n) is 15.9. The maximum atomic E-state index is 14.7. The Hall–Kier alpha value is -1.59. The number of hydrogen-bond acceptors (Lipinski definition) is 2. The van der Waals surface area contributed by atoms with E-state index in [1.807, 2.05) is 0 Å². The minimum absolute atomic E-state index is 0.121. The van der Waals surface area contributed by atoms with E-state index in [2.05, 4.69) is 36.8 Å². The number of aliphatic hydroxyl groups excluding tert-OH is 1. The molecule has 3 fully saturated rings. The predicted molar refractivity (Wildman–Crippen MR) is 167 cm³/mol. The lowest BCUT2D eigenvalue weighted by molar-refractivity contribution is -0.268. The second-order valence-electron chi connectivity index (χ2n) is 12.2. The first kappa shape index (κ1) is 37.6. The summed E-state index contributed by atoms with van der Waals surface area (Å²) in [7, 11) is 1.00. The van der Waals surface area contributed by atoms with Crippen LogP contribution in [0.2, 0.25) is 0 Å². The Morgan fingerprint density at radius 1 is 0.674 bits per heavy atom. The van der Waals surface area contributed by atoms with Crippen molar-refractivity contribution in [3.8, 4) is 0 Å². The van der Waals surface area contributed by atoms with Gasteiger partial charge in [-0.25, -0.2) is 0 Å². The molecule has 1 aromatic rings. The van der Waals surface area contributed by atoms with Gasteiger partial charge in [0, 0.05) is 19.8 Å². The molecule has 43 heavy (non-hydrogen) atoms. The summed E-state index contributed by atoms with van der Waals surface area (Å²) in [6.07, 6.45) is 17.5. The van der Waals surface area contributed by atoms with E-state index in [4.69, 9.17) is 5.11 Å². The van der Waals surface area contributed by atoms with Gasteiger partial charge in [0.2, 0.25) is 0 Å². The van der Waals surface area contributed by atoms with Crippen LogP contribution in [0.5, 0.6) is 0 Å². The summed E-state index contributed by atoms with van der Waals surface area (Å²) in [6, 6.07) is 4.41. The molecule has 1 N–H and O–H groups in total. The molecule has 244 valence electrons. The summed E-state index contributed by atoms with van der Waals surface area (Å²) in [4.78, 5) is 0. The van der Waals surface area contributed by atoms with E-state index in [1.165, 1.54) is 31.2 Å². The van der Waals surface area contributed by atoms with E-state index >= 15 is 0 Å². The van der Waals surface area contributed by atoms with Crippen LogP contribution in [0.25, 0.3) is 0 Å². The second kappa shape index (κ2) is 17.8. The third-order valence-corrected chi connectivity index (χ3v) is 10.2. The molecule has 3 aliphatic carbocycles. The van der Waals surface area contributed by atoms with E-state index in [1.54, 1.807) is 0 Å². The molecule has 0 heterocycles. The van der Waals surface area contributed by atoms with Crippen molar-refractivity contribution in [2.75, 3.05) is 7.11 Å². The molecule has 0 saturated heterocycles. The van der Waals surface area contributed by atoms with Gasteiger partial charge in [0.05, 0.1) is 0 Å². The van der Waals surface area contributed by atoms with Crippen molar-refractivity contribution in [2.24, 2.45) is 0 Å². The number of thioether (sulfide) groups is 1. The molecular formula is C35H50F6OS. The van der Waals surface area contributed by atoms with Crippen LogP contribution in [-0.2, 0) is 5.75 Å². The fourth-order valence-corrected chi connectivity index (χ4v) is 7.84. The van der Waals surface area contributed by atoms with E-state index in [-0.39, 0.29) is 36.3 Å². The maximum absolute atomic E-state index is 14.7. The first-order valence-corrected chi connectivity index (χ1v) is 16.8. The number of halogens is 6. The molecular weight excluding hydrogens is 582 g/mol. The molecule has 0 unspecified atom stereocenters. The molecule has 0 radical (unpaired) electrons. The van der Waals surface area contributed by atoms with Crippen molar-refractivity contribution >= 4 is 11.8 Å². The molecule has 0 atom stereocenters. The lowest BCUT2D eigenvalue weighted by Gasteiger charge is -2.33. The highest BCUT2D eigenvalue weighted by atomic mass is 32.2. The molecule has 8 heteroatoms. The Labute approximate surface area is 259 Å². The molecule has 0 bridgehead atoms. The average Bonchev–Trinajstić information content (AvgIpc) is 3.31. The van der Waals surface area contributed by atoms with Gasteiger partial charge in [-0.05, 0) is 91.7 Å². The minimum Gasteiger partial charge on any atom is -0.400 e. The van der Waals surface area contributed by atoms with Gasteiger partial charge in [-0.15, -0.1) is 0 Å². The molecule has 3 saturated carbocycles. The van der Waals surface area contributed by atoms with Crippen molar-refractivity contribution in [2.45, 2.75) is 150 Å². The molecule has 3 aliphatic rings. The third kappa shape index (κ3) is 10.2. The summed E-state index contributed by atoms with van der Waals surface area (Å²) in [6.45, 7) is 6.24. The van der Waals surface area contributed by atoms with Gasteiger partial charge < -0.3 is 5.11 Å². The number of aliphatic hydroxyl groups is 1. The fraction of sp³-hybridized carbons (Fsp3) is 0.714. The Kier molecular flexibility index (Phi) is 15.5. The maximum Gasteiger partial charge on any atom is 0.381 e. The molecule has 1 aromatic carbocycles. The topological polar surface area (TPSA) is 20.2 Å². The summed E-state index contributed by atoms with van der Waals surface area (Å²) in [5, 5.41) is 2.14. The molecule has 0 aromatic heterocycles. The smallest absolute Gasteiger partial charge is 0.381 e. The second-order valence-corrected chi connectivity index (χ2v) is 13.2. The quantitative estimate of drug-likeness (QED) is 0.175. The summed E-state index contributed by atoms with van der Waals surface area (Å²) < 4.78 is 84.7. The summed E-state index contributed by atoms with van der Waals surface area (Å²) in [5.74, 6) is -9.69. The van der Waals surface area contributed by atoms with E-state index in [0.29, 0.717) is 5.92 Å². The molecule has 0 aliphatic heterocycles. The Bertz CT molecular complexity index is 986. The minimum atomic E-state index is -5.42. The highest BCUT2D eigenvalue weighted by Gasteiger charge is 2.69. The van der Waals surface area contributed by atoms with Gasteiger partial charge in [0.25, 0.3) is 0 Å². The Balaban J connectivity index is 0.000000993. The van der Waals surface area contributed by atoms with Gasteiger partial charge in [-0.1, -0.05) is 99.6 Å². The van der Waals surface area contributed by atoms with Crippen molar-refractivity contribution in [3.63, 3.8) is 0 Å². The SMILES string of the molecule is C=C=C=C.CC(F)(F)C(F)(F)C(F)(F)SCc1c(C2CCCCC2)cc(C2CCCCCC2)cc1C1CCCCC1.CO. The van der Waals surface area contributed by atoms with Crippen molar-refractivity contribution < 1.29 is 31.4 Å². The Morgan fingerprint density at radius 3 is 1.37 bits per heavy atom. The first-order chi connectivity index (χ1) is 20.4. The third-order valence-electron chi connectivity index (χ3n) is 9.20. The van der Waals surface area contributed by atoms with E-state index in [0.717, 1.165) is 101 Å². The largest absolute Gasteiger partial charge is 0.400 e. The fourth-order valence-electron chi connectivity index (χ4n) is 6.82. The summed E-state index contributed by atoms with van der Waals surface area (Å²) >= 11 is -0.297. The van der Waals surface area contributed by atoms with Gasteiger partial charge in [-0.3, -0.25) is 0 Å². The standard InChI is InChI=1S/C30H42F6S.C4H4.CH4O/c1-28(31,32)29(33,34)30(35,36)37-20-27-25(22-14-8-4-9-15-22)18-24(21-12-6-2-3-7-13-21)19-26(27)23-16-10-5-11-17-23;1-3-4-2;1-2/h18-19,21-23H,2-17,20H2,1H3;1-2H2;2H,1H3. The number of benzene rings is 1. The zero-order chi connectivity index (χ0) is 32.1. The van der Waals surface area contributed by atoms with Gasteiger partial charge in [0.1, 0.15) is 0 Å². The zero-order valence-electron chi connectivity index (χ0n) is 25.9. The monoisotopic (exact) mass is 632 g/mol. The average molecular weight is 633 g/mol. The highest BCUT2D eigenvalue weighted by Crippen LogP contribution is 2.53. The molecule has 0 amide bonds. The summed E-state index contributed by atoms with van der Waals surface area (Å²) in [5.41, 5.74) is 8.74. The van der Waals surface area contributed by atoms with E-state index in [9.17, 15) is 26.3 Å². The lowest BCUT2D eigenvalue weighted by Crippen LogP contribution is -2.50. The van der Waals surface area contributed by atoms with Crippen molar-refractivity contribution in [3.05, 3.63) is 59.0 Å². The number of hydrogen-bond donors (Lipinski definition) is 1. The van der Waals surface area contributed by atoms with Crippen molar-refractivity contribution in [1.29, 1.82) is 0 Å². The van der Waals surface area contributed by atoms with Gasteiger partial charge >= 0.3 is 17.1 Å². The normalized spacial score (nSPS) is 19.6. The number of rotatable bonds is 8. The zero-order valence-corrected chi connectivity index (χ0v) is 26.8. The highest BCUT2D eigenvalue weighted by molar-refractivity contribution is 7.99. The van der Waals surface area contributed by atoms with Crippen LogP contribution < -0.4 is 0 Å². The predicted octanol–water partition coefficient (Wildman–Crippen LogP) is 12.1. The van der Waals surface area contributed by atoms with Crippen LogP contribution in [0.1, 0.15) is 150 Å². The van der Waals surface area contributed by atoms with Gasteiger partial charge in [-0.2, -0.15) is 26.3 Å². The van der Waals surface area contributed by atoms with Crippen LogP contribution in [0, 0.1) is 0 Å². The Morgan fingerprint density at radius 2 is 1.02 bits per heavy atom. The lowest BCUT2D eigenvalue weighted by atomic mass is 9.74. The van der Waals surface area contributed by atoms with Crippen LogP contribution in [0.4, 0.5) is 26.3 Å². The number of alkyl halides is 6. The van der Waals surface area contributed by atoms with E-state index < -0.39 is 17.1 Å². The van der Waals surface area contributed by atoms with Crippen LogP contribution >= 0.6 is 11.8 Å². The molecule has 4 rings (SSSR count). The van der Waals surface area contributed by atoms with Crippen LogP contribution in [-0.4, -0.2) is 29.3 Å². The van der Waals surface area contributed by atoms with Crippen LogP contribution in [0.3, 0.4) is 0 Å². The molecule has 0 spiro atoms. The van der Waals surface area contributed by atoms with Gasteiger partial charge in [0.15, 0.2) is 0 Å².